The van der Waals surface area contributed by atoms with Crippen LogP contribution in [-0.2, 0) is 27.4 Å². The van der Waals surface area contributed by atoms with E-state index in [0.29, 0.717) is 19.0 Å². The normalized spacial score (nSPS) is 12.7. The number of hydrogen-bond donors (Lipinski definition) is 0. The lowest BCUT2D eigenvalue weighted by molar-refractivity contribution is -0.144. The summed E-state index contributed by atoms with van der Waals surface area (Å²) in [4.78, 5) is 21.8. The predicted molar refractivity (Wildman–Crippen MR) is 134 cm³/mol. The number of carbonyl (C=O) groups excluding carboxylic acids is 1. The number of rotatable bonds is 10. The predicted octanol–water partition coefficient (Wildman–Crippen LogP) is 4.56. The third-order valence-corrected chi connectivity index (χ3v) is 7.36. The SMILES string of the molecule is COC(=O)C(Cc1ccccc1)n1cc(-c2ncc3ccn(COCC[Si](C)(C)C)c3n2)cn1. The molecule has 4 aromatic rings. The van der Waals surface area contributed by atoms with E-state index in [2.05, 4.69) is 29.7 Å². The largest absolute Gasteiger partial charge is 0.467 e. The van der Waals surface area contributed by atoms with Crippen LogP contribution in [0.1, 0.15) is 11.6 Å². The van der Waals surface area contributed by atoms with Gasteiger partial charge in [-0.1, -0.05) is 50.0 Å². The van der Waals surface area contributed by atoms with E-state index in [0.717, 1.165) is 34.8 Å². The van der Waals surface area contributed by atoms with Crippen molar-refractivity contribution < 1.29 is 14.3 Å². The van der Waals surface area contributed by atoms with Crippen molar-refractivity contribution in [2.75, 3.05) is 13.7 Å². The van der Waals surface area contributed by atoms with Gasteiger partial charge >= 0.3 is 5.97 Å². The fraction of sp³-hybridized carbons (Fsp3) is 0.360. The Bertz CT molecular complexity index is 1250. The first-order chi connectivity index (χ1) is 16.3. The zero-order chi connectivity index (χ0) is 24.1. The summed E-state index contributed by atoms with van der Waals surface area (Å²) in [5.41, 5.74) is 2.57. The van der Waals surface area contributed by atoms with Crippen molar-refractivity contribution in [2.45, 2.75) is 44.9 Å². The van der Waals surface area contributed by atoms with Gasteiger partial charge in [0.1, 0.15) is 12.4 Å². The average molecular weight is 478 g/mol. The zero-order valence-electron chi connectivity index (χ0n) is 20.1. The molecule has 1 unspecified atom stereocenters. The van der Waals surface area contributed by atoms with Gasteiger partial charge in [0.05, 0.1) is 18.9 Å². The Labute approximate surface area is 200 Å². The third kappa shape index (κ3) is 5.78. The minimum atomic E-state index is -1.13. The summed E-state index contributed by atoms with van der Waals surface area (Å²) >= 11 is 0. The molecule has 0 N–H and O–H groups in total. The first kappa shape index (κ1) is 23.8. The van der Waals surface area contributed by atoms with Gasteiger partial charge in [-0.25, -0.2) is 14.8 Å². The molecule has 0 aliphatic rings. The Morgan fingerprint density at radius 1 is 1.12 bits per heavy atom. The number of nitrogens with zero attached hydrogens (tertiary/aromatic N) is 5. The highest BCUT2D eigenvalue weighted by molar-refractivity contribution is 6.76. The quantitative estimate of drug-likeness (QED) is 0.189. The van der Waals surface area contributed by atoms with Gasteiger partial charge in [0, 0.05) is 45.1 Å². The molecule has 4 rings (SSSR count). The number of hydrogen-bond acceptors (Lipinski definition) is 6. The van der Waals surface area contributed by atoms with Crippen LogP contribution in [0.25, 0.3) is 22.4 Å². The van der Waals surface area contributed by atoms with E-state index < -0.39 is 14.1 Å². The summed E-state index contributed by atoms with van der Waals surface area (Å²) in [7, 11) is 0.259. The molecule has 9 heteroatoms. The van der Waals surface area contributed by atoms with Crippen molar-refractivity contribution in [2.24, 2.45) is 0 Å². The van der Waals surface area contributed by atoms with Gasteiger partial charge in [-0.05, 0) is 17.7 Å². The molecule has 0 amide bonds. The molecule has 0 aliphatic carbocycles. The van der Waals surface area contributed by atoms with Gasteiger partial charge in [0.15, 0.2) is 11.9 Å². The van der Waals surface area contributed by atoms with Crippen LogP contribution in [0.5, 0.6) is 0 Å². The highest BCUT2D eigenvalue weighted by atomic mass is 28.3. The van der Waals surface area contributed by atoms with Crippen LogP contribution < -0.4 is 0 Å². The second kappa shape index (κ2) is 10.3. The molecule has 34 heavy (non-hydrogen) atoms. The van der Waals surface area contributed by atoms with E-state index in [9.17, 15) is 4.79 Å². The summed E-state index contributed by atoms with van der Waals surface area (Å²) in [6, 6.07) is 12.3. The topological polar surface area (TPSA) is 84.1 Å². The van der Waals surface area contributed by atoms with E-state index >= 15 is 0 Å². The molecule has 0 aliphatic heterocycles. The second-order valence-electron chi connectivity index (χ2n) is 9.54. The molecule has 0 radical (unpaired) electrons. The summed E-state index contributed by atoms with van der Waals surface area (Å²) in [6.07, 6.45) is 7.72. The number of carbonyl (C=O) groups is 1. The minimum Gasteiger partial charge on any atom is -0.467 e. The van der Waals surface area contributed by atoms with E-state index in [-0.39, 0.29) is 5.97 Å². The van der Waals surface area contributed by atoms with Crippen molar-refractivity contribution in [3.63, 3.8) is 0 Å². The lowest BCUT2D eigenvalue weighted by atomic mass is 10.1. The summed E-state index contributed by atoms with van der Waals surface area (Å²) in [5, 5.41) is 5.39. The van der Waals surface area contributed by atoms with Crippen molar-refractivity contribution in [3.8, 4) is 11.4 Å². The van der Waals surface area contributed by atoms with Gasteiger partial charge in [0.2, 0.25) is 0 Å². The lowest BCUT2D eigenvalue weighted by Gasteiger charge is -2.15. The smallest absolute Gasteiger partial charge is 0.331 e. The van der Waals surface area contributed by atoms with Crippen LogP contribution in [0.3, 0.4) is 0 Å². The Hall–Kier alpha value is -3.30. The Balaban J connectivity index is 1.54. The van der Waals surface area contributed by atoms with Crippen molar-refractivity contribution in [3.05, 3.63) is 66.7 Å². The summed E-state index contributed by atoms with van der Waals surface area (Å²) < 4.78 is 14.6. The molecule has 0 saturated heterocycles. The molecular formula is C25H31N5O3Si. The summed E-state index contributed by atoms with van der Waals surface area (Å²) in [5.74, 6) is 0.198. The maximum absolute atomic E-state index is 12.5. The van der Waals surface area contributed by atoms with E-state index in [1.54, 1.807) is 23.3 Å². The zero-order valence-corrected chi connectivity index (χ0v) is 21.1. The summed E-state index contributed by atoms with van der Waals surface area (Å²) in [6.45, 7) is 8.21. The third-order valence-electron chi connectivity index (χ3n) is 5.65. The molecule has 8 nitrogen and oxygen atoms in total. The van der Waals surface area contributed by atoms with Gasteiger partial charge in [-0.3, -0.25) is 4.68 Å². The molecule has 1 atom stereocenters. The van der Waals surface area contributed by atoms with Crippen molar-refractivity contribution in [1.82, 2.24) is 24.3 Å². The standard InChI is InChI=1S/C25H31N5O3Si/c1-32-25(31)22(14-19-8-6-5-7-9-19)30-17-21(16-27-30)23-26-15-20-10-11-29(24(20)28-23)18-33-12-13-34(2,3)4/h5-11,15-17,22H,12-14,18H2,1-4H3. The fourth-order valence-electron chi connectivity index (χ4n) is 3.64. The van der Waals surface area contributed by atoms with Crippen LogP contribution in [0.4, 0.5) is 0 Å². The van der Waals surface area contributed by atoms with E-state index in [1.165, 1.54) is 7.11 Å². The van der Waals surface area contributed by atoms with Crippen LogP contribution >= 0.6 is 0 Å². The molecule has 0 bridgehead atoms. The molecule has 178 valence electrons. The van der Waals surface area contributed by atoms with Crippen LogP contribution in [0, 0.1) is 0 Å². The molecule has 3 heterocycles. The number of ether oxygens (including phenoxy) is 2. The Kier molecular flexibility index (Phi) is 7.23. The molecular weight excluding hydrogens is 446 g/mol. The number of benzene rings is 1. The molecule has 1 aromatic carbocycles. The highest BCUT2D eigenvalue weighted by Gasteiger charge is 2.23. The monoisotopic (exact) mass is 477 g/mol. The molecule has 0 spiro atoms. The van der Waals surface area contributed by atoms with Crippen LogP contribution in [-0.4, -0.2) is 52.1 Å². The molecule has 0 fully saturated rings. The first-order valence-electron chi connectivity index (χ1n) is 11.4. The van der Waals surface area contributed by atoms with Gasteiger partial charge in [-0.2, -0.15) is 5.10 Å². The average Bonchev–Trinajstić information content (AvgIpc) is 3.47. The molecule has 0 saturated carbocycles. The number of methoxy groups -OCH3 is 1. The lowest BCUT2D eigenvalue weighted by Crippen LogP contribution is -2.23. The van der Waals surface area contributed by atoms with Crippen molar-refractivity contribution >= 4 is 25.1 Å². The van der Waals surface area contributed by atoms with Crippen molar-refractivity contribution in [1.29, 1.82) is 0 Å². The highest BCUT2D eigenvalue weighted by Crippen LogP contribution is 2.22. The van der Waals surface area contributed by atoms with Gasteiger partial charge < -0.3 is 14.0 Å². The minimum absolute atomic E-state index is 0.348. The number of aromatic nitrogens is 5. The van der Waals surface area contributed by atoms with Crippen LogP contribution in [0.15, 0.2) is 61.2 Å². The maximum Gasteiger partial charge on any atom is 0.331 e. The first-order valence-corrected chi connectivity index (χ1v) is 15.1. The van der Waals surface area contributed by atoms with Gasteiger partial charge in [-0.15, -0.1) is 0 Å². The maximum atomic E-state index is 12.5. The number of fused-ring (bicyclic) bond motifs is 1. The Morgan fingerprint density at radius 2 is 1.91 bits per heavy atom. The molecule has 3 aromatic heterocycles. The second-order valence-corrected chi connectivity index (χ2v) is 15.2. The van der Waals surface area contributed by atoms with E-state index in [4.69, 9.17) is 14.5 Å². The number of esters is 1. The fourth-order valence-corrected chi connectivity index (χ4v) is 4.39. The van der Waals surface area contributed by atoms with Gasteiger partial charge in [0.25, 0.3) is 0 Å². The van der Waals surface area contributed by atoms with E-state index in [1.807, 2.05) is 47.2 Å². The Morgan fingerprint density at radius 3 is 2.65 bits per heavy atom. The van der Waals surface area contributed by atoms with Crippen LogP contribution in [0.2, 0.25) is 25.7 Å².